The van der Waals surface area contributed by atoms with Crippen molar-refractivity contribution >= 4 is 0 Å². The first kappa shape index (κ1) is 8.02. The largest absolute Gasteiger partial charge is 0.365 e. The van der Waals surface area contributed by atoms with Gasteiger partial charge in [-0.1, -0.05) is 13.3 Å². The van der Waals surface area contributed by atoms with Gasteiger partial charge in [-0.15, -0.1) is 0 Å². The van der Waals surface area contributed by atoms with E-state index in [9.17, 15) is 10.2 Å². The first-order valence-electron chi connectivity index (χ1n) is 4.11. The predicted octanol–water partition coefficient (Wildman–Crippen LogP) is 1.27. The van der Waals surface area contributed by atoms with Gasteiger partial charge in [0.2, 0.25) is 0 Å². The fourth-order valence-corrected chi connectivity index (χ4v) is 1.77. The zero-order valence-corrected chi connectivity index (χ0v) is 6.51. The predicted molar refractivity (Wildman–Crippen MR) is 39.4 cm³/mol. The Morgan fingerprint density at radius 3 is 2.60 bits per heavy atom. The molecule has 0 amide bonds. The summed E-state index contributed by atoms with van der Waals surface area (Å²) in [6.07, 6.45) is 4.52. The second-order valence-electron chi connectivity index (χ2n) is 3.26. The molecule has 0 heterocycles. The lowest BCUT2D eigenvalue weighted by Crippen LogP contribution is -2.32. The maximum Gasteiger partial charge on any atom is 0.165 e. The van der Waals surface area contributed by atoms with Crippen molar-refractivity contribution in [3.05, 3.63) is 0 Å². The molecular formula is C8H16O2. The van der Waals surface area contributed by atoms with Crippen molar-refractivity contribution in [3.8, 4) is 0 Å². The highest BCUT2D eigenvalue weighted by Crippen LogP contribution is 2.36. The Labute approximate surface area is 61.9 Å². The molecule has 2 nitrogen and oxygen atoms in total. The van der Waals surface area contributed by atoms with E-state index in [1.165, 1.54) is 0 Å². The first-order chi connectivity index (χ1) is 4.67. The minimum absolute atomic E-state index is 0.137. The SMILES string of the molecule is CCCC1CCCC1(O)O. The van der Waals surface area contributed by atoms with Crippen LogP contribution in [0.15, 0.2) is 0 Å². The second kappa shape index (κ2) is 2.89. The van der Waals surface area contributed by atoms with Crippen LogP contribution in [0.2, 0.25) is 0 Å². The normalized spacial score (nSPS) is 30.9. The van der Waals surface area contributed by atoms with Gasteiger partial charge >= 0.3 is 0 Å². The van der Waals surface area contributed by atoms with Crippen LogP contribution in [0.5, 0.6) is 0 Å². The lowest BCUT2D eigenvalue weighted by molar-refractivity contribution is -0.186. The van der Waals surface area contributed by atoms with Crippen LogP contribution in [-0.4, -0.2) is 16.0 Å². The van der Waals surface area contributed by atoms with Crippen molar-refractivity contribution in [2.24, 2.45) is 5.92 Å². The molecule has 0 radical (unpaired) electrons. The molecule has 0 aliphatic heterocycles. The highest BCUT2D eigenvalue weighted by Gasteiger charge is 2.37. The van der Waals surface area contributed by atoms with Crippen LogP contribution >= 0.6 is 0 Å². The molecule has 2 N–H and O–H groups in total. The fourth-order valence-electron chi connectivity index (χ4n) is 1.77. The molecular weight excluding hydrogens is 128 g/mol. The minimum atomic E-state index is -1.34. The van der Waals surface area contributed by atoms with E-state index >= 15 is 0 Å². The second-order valence-corrected chi connectivity index (χ2v) is 3.26. The molecule has 2 heteroatoms. The van der Waals surface area contributed by atoms with Crippen LogP contribution in [0.25, 0.3) is 0 Å². The number of hydrogen-bond acceptors (Lipinski definition) is 2. The summed E-state index contributed by atoms with van der Waals surface area (Å²) < 4.78 is 0. The number of rotatable bonds is 2. The van der Waals surface area contributed by atoms with Crippen LogP contribution in [0.4, 0.5) is 0 Å². The van der Waals surface area contributed by atoms with E-state index in [0.29, 0.717) is 6.42 Å². The van der Waals surface area contributed by atoms with Crippen molar-refractivity contribution in [1.29, 1.82) is 0 Å². The first-order valence-corrected chi connectivity index (χ1v) is 4.11. The van der Waals surface area contributed by atoms with E-state index in [0.717, 1.165) is 25.7 Å². The average molecular weight is 144 g/mol. The third kappa shape index (κ3) is 1.50. The molecule has 0 aromatic heterocycles. The van der Waals surface area contributed by atoms with Gasteiger partial charge in [-0.05, 0) is 19.3 Å². The standard InChI is InChI=1S/C8H16O2/c1-2-4-7-5-3-6-8(7,9)10/h7,9-10H,2-6H2,1H3. The van der Waals surface area contributed by atoms with Gasteiger partial charge in [-0.3, -0.25) is 0 Å². The average Bonchev–Trinajstić information content (AvgIpc) is 2.13. The summed E-state index contributed by atoms with van der Waals surface area (Å²) in [7, 11) is 0. The third-order valence-electron chi connectivity index (χ3n) is 2.39. The van der Waals surface area contributed by atoms with Crippen LogP contribution in [0.3, 0.4) is 0 Å². The smallest absolute Gasteiger partial charge is 0.165 e. The third-order valence-corrected chi connectivity index (χ3v) is 2.39. The summed E-state index contributed by atoms with van der Waals surface area (Å²) in [6.45, 7) is 2.08. The molecule has 0 bridgehead atoms. The molecule has 1 unspecified atom stereocenters. The van der Waals surface area contributed by atoms with Gasteiger partial charge in [0.1, 0.15) is 0 Å². The lowest BCUT2D eigenvalue weighted by atomic mass is 9.97. The quantitative estimate of drug-likeness (QED) is 0.573. The lowest BCUT2D eigenvalue weighted by Gasteiger charge is -2.23. The molecule has 1 aliphatic carbocycles. The highest BCUT2D eigenvalue weighted by molar-refractivity contribution is 4.82. The van der Waals surface area contributed by atoms with E-state index in [1.54, 1.807) is 0 Å². The maximum absolute atomic E-state index is 9.34. The number of hydrogen-bond donors (Lipinski definition) is 2. The van der Waals surface area contributed by atoms with E-state index in [-0.39, 0.29) is 5.92 Å². The van der Waals surface area contributed by atoms with Crippen molar-refractivity contribution in [1.82, 2.24) is 0 Å². The Kier molecular flexibility index (Phi) is 2.32. The molecule has 1 saturated carbocycles. The molecule has 1 atom stereocenters. The van der Waals surface area contributed by atoms with E-state index in [2.05, 4.69) is 6.92 Å². The zero-order valence-electron chi connectivity index (χ0n) is 6.51. The minimum Gasteiger partial charge on any atom is -0.365 e. The van der Waals surface area contributed by atoms with Crippen molar-refractivity contribution in [2.45, 2.75) is 44.8 Å². The van der Waals surface area contributed by atoms with Crippen LogP contribution in [0.1, 0.15) is 39.0 Å². The molecule has 0 aromatic carbocycles. The van der Waals surface area contributed by atoms with Crippen molar-refractivity contribution in [2.75, 3.05) is 0 Å². The van der Waals surface area contributed by atoms with Crippen LogP contribution in [0, 0.1) is 5.92 Å². The Hall–Kier alpha value is -0.0800. The Balaban J connectivity index is 2.43. The molecule has 1 rings (SSSR count). The Bertz CT molecular complexity index is 110. The van der Waals surface area contributed by atoms with Crippen molar-refractivity contribution in [3.63, 3.8) is 0 Å². The van der Waals surface area contributed by atoms with Crippen LogP contribution in [-0.2, 0) is 0 Å². The van der Waals surface area contributed by atoms with Gasteiger partial charge in [0.05, 0.1) is 0 Å². The molecule has 1 fully saturated rings. The molecule has 1 aliphatic rings. The van der Waals surface area contributed by atoms with Gasteiger partial charge in [0.15, 0.2) is 5.79 Å². The Morgan fingerprint density at radius 1 is 1.50 bits per heavy atom. The summed E-state index contributed by atoms with van der Waals surface area (Å²) in [4.78, 5) is 0. The summed E-state index contributed by atoms with van der Waals surface area (Å²) in [6, 6.07) is 0. The van der Waals surface area contributed by atoms with Gasteiger partial charge < -0.3 is 10.2 Å². The monoisotopic (exact) mass is 144 g/mol. The molecule has 0 spiro atoms. The molecule has 0 aromatic rings. The fraction of sp³-hybridized carbons (Fsp3) is 1.00. The summed E-state index contributed by atoms with van der Waals surface area (Å²) in [5.41, 5.74) is 0. The molecule has 60 valence electrons. The van der Waals surface area contributed by atoms with E-state index < -0.39 is 5.79 Å². The van der Waals surface area contributed by atoms with Gasteiger partial charge in [0.25, 0.3) is 0 Å². The summed E-state index contributed by atoms with van der Waals surface area (Å²) in [5, 5.41) is 18.7. The van der Waals surface area contributed by atoms with E-state index in [1.807, 2.05) is 0 Å². The molecule has 0 saturated heterocycles. The highest BCUT2D eigenvalue weighted by atomic mass is 16.5. The van der Waals surface area contributed by atoms with Gasteiger partial charge in [0, 0.05) is 12.3 Å². The van der Waals surface area contributed by atoms with Crippen molar-refractivity contribution < 1.29 is 10.2 Å². The van der Waals surface area contributed by atoms with E-state index in [4.69, 9.17) is 0 Å². The van der Waals surface area contributed by atoms with Gasteiger partial charge in [-0.25, -0.2) is 0 Å². The van der Waals surface area contributed by atoms with Crippen LogP contribution < -0.4 is 0 Å². The van der Waals surface area contributed by atoms with Gasteiger partial charge in [-0.2, -0.15) is 0 Å². The Morgan fingerprint density at radius 2 is 2.20 bits per heavy atom. The topological polar surface area (TPSA) is 40.5 Å². The number of aliphatic hydroxyl groups is 2. The zero-order chi connectivity index (χ0) is 7.61. The maximum atomic E-state index is 9.34. The summed E-state index contributed by atoms with van der Waals surface area (Å²) in [5.74, 6) is -1.20. The summed E-state index contributed by atoms with van der Waals surface area (Å²) >= 11 is 0. The molecule has 10 heavy (non-hydrogen) atoms.